The highest BCUT2D eigenvalue weighted by Gasteiger charge is 2.35. The van der Waals surface area contributed by atoms with Crippen LogP contribution in [0.15, 0.2) is 5.16 Å². The molecule has 1 aliphatic heterocycles. The Kier molecular flexibility index (Phi) is 5.41. The molecule has 0 aromatic heterocycles. The normalized spacial score (nSPS) is 24.2. The molecule has 2 atom stereocenters. The van der Waals surface area contributed by atoms with E-state index in [1.54, 1.807) is 6.21 Å². The summed E-state index contributed by atoms with van der Waals surface area (Å²) in [5.41, 5.74) is 0. The van der Waals surface area contributed by atoms with E-state index in [1.165, 1.54) is 7.11 Å². The first kappa shape index (κ1) is 14.3. The Balaban J connectivity index is 2.50. The summed E-state index contributed by atoms with van der Waals surface area (Å²) in [7, 11) is 1.46. The number of rotatable bonds is 5. The number of amides is 1. The molecule has 1 amide bonds. The maximum atomic E-state index is 11.0. The number of carbonyl (C=O) groups is 2. The number of nitrogens with zero attached hydrogens (tertiary/aromatic N) is 2. The summed E-state index contributed by atoms with van der Waals surface area (Å²) in [5, 5.41) is 21.6. The van der Waals surface area contributed by atoms with Crippen LogP contribution in [0.2, 0.25) is 0 Å². The lowest BCUT2D eigenvalue weighted by Gasteiger charge is -2.35. The monoisotopic (exact) mass is 258 g/mol. The first-order valence-corrected chi connectivity index (χ1v) is 5.83. The summed E-state index contributed by atoms with van der Waals surface area (Å²) in [6.45, 7) is 0.276. The Labute approximate surface area is 105 Å². The maximum absolute atomic E-state index is 11.0. The van der Waals surface area contributed by atoms with Crippen molar-refractivity contribution in [1.82, 2.24) is 4.90 Å². The lowest BCUT2D eigenvalue weighted by atomic mass is 9.87. The minimum Gasteiger partial charge on any atom is -0.480 e. The Morgan fingerprint density at radius 2 is 2.22 bits per heavy atom. The topological polar surface area (TPSA) is 99.4 Å². The van der Waals surface area contributed by atoms with Crippen LogP contribution < -0.4 is 0 Å². The van der Waals surface area contributed by atoms with Crippen LogP contribution in [0, 0.1) is 5.92 Å². The molecule has 18 heavy (non-hydrogen) atoms. The molecule has 1 fully saturated rings. The molecule has 0 spiro atoms. The number of hydrogen-bond acceptors (Lipinski definition) is 4. The van der Waals surface area contributed by atoms with Gasteiger partial charge in [0.2, 0.25) is 0 Å². The zero-order chi connectivity index (χ0) is 13.5. The van der Waals surface area contributed by atoms with Gasteiger partial charge in [0, 0.05) is 12.8 Å². The van der Waals surface area contributed by atoms with Gasteiger partial charge in [-0.15, -0.1) is 0 Å². The predicted molar refractivity (Wildman–Crippen MR) is 63.6 cm³/mol. The first-order valence-electron chi connectivity index (χ1n) is 5.83. The van der Waals surface area contributed by atoms with E-state index >= 15 is 0 Å². The van der Waals surface area contributed by atoms with Gasteiger partial charge in [-0.05, 0) is 31.6 Å². The number of aliphatic carboxylic acids is 1. The predicted octanol–water partition coefficient (Wildman–Crippen LogP) is 1.24. The quantitative estimate of drug-likeness (QED) is 0.571. The SMILES string of the molecule is CON=CCCC1CCN(C(=O)O)C(C(=O)O)C1. The van der Waals surface area contributed by atoms with E-state index in [0.717, 1.165) is 11.3 Å². The fraction of sp³-hybridized carbons (Fsp3) is 0.727. The second kappa shape index (κ2) is 6.83. The molecule has 1 heterocycles. The largest absolute Gasteiger partial charge is 0.480 e. The number of piperidine rings is 1. The Morgan fingerprint density at radius 3 is 2.78 bits per heavy atom. The zero-order valence-electron chi connectivity index (χ0n) is 10.3. The van der Waals surface area contributed by atoms with Crippen molar-refractivity contribution in [3.63, 3.8) is 0 Å². The lowest BCUT2D eigenvalue weighted by molar-refractivity contribution is -0.144. The van der Waals surface area contributed by atoms with Crippen LogP contribution in [0.4, 0.5) is 4.79 Å². The molecule has 0 radical (unpaired) electrons. The molecule has 1 aliphatic rings. The van der Waals surface area contributed by atoms with Gasteiger partial charge in [0.05, 0.1) is 0 Å². The van der Waals surface area contributed by atoms with E-state index in [9.17, 15) is 9.59 Å². The molecule has 0 aromatic carbocycles. The molecule has 1 rings (SSSR count). The fourth-order valence-corrected chi connectivity index (χ4v) is 2.20. The number of oxime groups is 1. The third-order valence-electron chi connectivity index (χ3n) is 3.13. The van der Waals surface area contributed by atoms with E-state index < -0.39 is 18.1 Å². The van der Waals surface area contributed by atoms with Crippen LogP contribution in [0.1, 0.15) is 25.7 Å². The van der Waals surface area contributed by atoms with Crippen molar-refractivity contribution in [1.29, 1.82) is 0 Å². The average molecular weight is 258 g/mol. The molecular weight excluding hydrogens is 240 g/mol. The average Bonchev–Trinajstić information content (AvgIpc) is 2.34. The highest BCUT2D eigenvalue weighted by atomic mass is 16.6. The van der Waals surface area contributed by atoms with Crippen LogP contribution in [0.3, 0.4) is 0 Å². The number of carboxylic acid groups (broad SMARTS) is 2. The van der Waals surface area contributed by atoms with Crippen LogP contribution in [0.5, 0.6) is 0 Å². The summed E-state index contributed by atoms with van der Waals surface area (Å²) in [6, 6.07) is -0.930. The van der Waals surface area contributed by atoms with Gasteiger partial charge in [0.1, 0.15) is 13.2 Å². The zero-order valence-corrected chi connectivity index (χ0v) is 10.3. The number of likely N-dealkylation sites (tertiary alicyclic amines) is 1. The molecule has 7 heteroatoms. The molecule has 0 bridgehead atoms. The number of hydrogen-bond donors (Lipinski definition) is 2. The minimum atomic E-state index is -1.17. The van der Waals surface area contributed by atoms with E-state index in [4.69, 9.17) is 10.2 Å². The van der Waals surface area contributed by atoms with Crippen molar-refractivity contribution in [3.8, 4) is 0 Å². The van der Waals surface area contributed by atoms with Crippen molar-refractivity contribution in [2.24, 2.45) is 11.1 Å². The number of carboxylic acids is 1. The van der Waals surface area contributed by atoms with Gasteiger partial charge in [0.25, 0.3) is 0 Å². The van der Waals surface area contributed by atoms with Gasteiger partial charge >= 0.3 is 12.1 Å². The van der Waals surface area contributed by atoms with E-state index in [1.807, 2.05) is 0 Å². The Morgan fingerprint density at radius 1 is 1.50 bits per heavy atom. The van der Waals surface area contributed by atoms with Crippen LogP contribution in [-0.2, 0) is 9.63 Å². The summed E-state index contributed by atoms with van der Waals surface area (Å²) < 4.78 is 0. The maximum Gasteiger partial charge on any atom is 0.408 e. The first-order chi connectivity index (χ1) is 8.56. The van der Waals surface area contributed by atoms with Crippen LogP contribution in [-0.4, -0.2) is 53.1 Å². The summed E-state index contributed by atoms with van der Waals surface area (Å²) in [6.07, 6.45) is 3.03. The van der Waals surface area contributed by atoms with Gasteiger partial charge in [-0.25, -0.2) is 9.59 Å². The summed E-state index contributed by atoms with van der Waals surface area (Å²) in [5.74, 6) is -0.863. The fourth-order valence-electron chi connectivity index (χ4n) is 2.20. The molecule has 102 valence electrons. The molecule has 7 nitrogen and oxygen atoms in total. The molecule has 0 saturated carbocycles. The molecule has 0 aliphatic carbocycles. The van der Waals surface area contributed by atoms with Gasteiger partial charge < -0.3 is 15.1 Å². The van der Waals surface area contributed by atoms with E-state index in [2.05, 4.69) is 9.99 Å². The second-order valence-electron chi connectivity index (χ2n) is 4.27. The van der Waals surface area contributed by atoms with Gasteiger partial charge in [0.15, 0.2) is 0 Å². The van der Waals surface area contributed by atoms with Crippen molar-refractivity contribution in [2.75, 3.05) is 13.7 Å². The highest BCUT2D eigenvalue weighted by Crippen LogP contribution is 2.26. The van der Waals surface area contributed by atoms with E-state index in [-0.39, 0.29) is 12.5 Å². The van der Waals surface area contributed by atoms with Crippen molar-refractivity contribution in [2.45, 2.75) is 31.7 Å². The van der Waals surface area contributed by atoms with E-state index in [0.29, 0.717) is 19.3 Å². The minimum absolute atomic E-state index is 0.213. The smallest absolute Gasteiger partial charge is 0.408 e. The van der Waals surface area contributed by atoms with Crippen LogP contribution in [0.25, 0.3) is 0 Å². The Hall–Kier alpha value is -1.79. The summed E-state index contributed by atoms with van der Waals surface area (Å²) >= 11 is 0. The third-order valence-corrected chi connectivity index (χ3v) is 3.13. The second-order valence-corrected chi connectivity index (χ2v) is 4.27. The van der Waals surface area contributed by atoms with Crippen molar-refractivity contribution in [3.05, 3.63) is 0 Å². The summed E-state index contributed by atoms with van der Waals surface area (Å²) in [4.78, 5) is 27.5. The molecule has 2 unspecified atom stereocenters. The molecule has 2 N–H and O–H groups in total. The van der Waals surface area contributed by atoms with Crippen molar-refractivity contribution < 1.29 is 24.6 Å². The van der Waals surface area contributed by atoms with Gasteiger partial charge in [-0.2, -0.15) is 0 Å². The highest BCUT2D eigenvalue weighted by molar-refractivity contribution is 5.79. The molecular formula is C11H18N2O5. The lowest BCUT2D eigenvalue weighted by Crippen LogP contribution is -2.49. The van der Waals surface area contributed by atoms with Crippen molar-refractivity contribution >= 4 is 18.3 Å². The standard InChI is InChI=1S/C11H18N2O5/c1-18-12-5-2-3-8-4-6-13(11(16)17)9(7-8)10(14)15/h5,8-9H,2-4,6-7H2,1H3,(H,14,15)(H,16,17). The third kappa shape index (κ3) is 3.90. The van der Waals surface area contributed by atoms with Gasteiger partial charge in [-0.3, -0.25) is 4.90 Å². The molecule has 1 saturated heterocycles. The Bertz CT molecular complexity index is 331. The molecule has 0 aromatic rings. The van der Waals surface area contributed by atoms with Crippen LogP contribution >= 0.6 is 0 Å². The van der Waals surface area contributed by atoms with Gasteiger partial charge in [-0.1, -0.05) is 5.16 Å².